The van der Waals surface area contributed by atoms with Gasteiger partial charge in [-0.2, -0.15) is 0 Å². The van der Waals surface area contributed by atoms with Crippen LogP contribution in [-0.4, -0.2) is 32.6 Å². The normalized spacial score (nSPS) is 10.6. The lowest BCUT2D eigenvalue weighted by Crippen LogP contribution is -2.18. The predicted molar refractivity (Wildman–Crippen MR) is 67.3 cm³/mol. The van der Waals surface area contributed by atoms with Crippen LogP contribution in [0, 0.1) is 6.92 Å². The molecule has 0 bridgehead atoms. The lowest BCUT2D eigenvalue weighted by atomic mass is 10.4. The minimum absolute atomic E-state index is 0.0822. The number of carbonyl (C=O) groups excluding carboxylic acids is 1. The summed E-state index contributed by atoms with van der Waals surface area (Å²) in [5.41, 5.74) is 1.51. The summed E-state index contributed by atoms with van der Waals surface area (Å²) in [6.07, 6.45) is 1.73. The Bertz CT molecular complexity index is 547. The summed E-state index contributed by atoms with van der Waals surface area (Å²) in [6, 6.07) is 1.65. The number of anilines is 1. The lowest BCUT2D eigenvalue weighted by molar-refractivity contribution is -0.117. The van der Waals surface area contributed by atoms with Crippen molar-refractivity contribution in [2.45, 2.75) is 26.9 Å². The summed E-state index contributed by atoms with van der Waals surface area (Å²) >= 11 is 0. The zero-order valence-corrected chi connectivity index (χ0v) is 10.9. The van der Waals surface area contributed by atoms with Crippen LogP contribution in [-0.2, 0) is 17.9 Å². The van der Waals surface area contributed by atoms with Crippen molar-refractivity contribution in [2.24, 2.45) is 0 Å². The highest BCUT2D eigenvalue weighted by Crippen LogP contribution is 2.08. The van der Waals surface area contributed by atoms with E-state index in [1.807, 2.05) is 6.92 Å². The van der Waals surface area contributed by atoms with Crippen LogP contribution in [0.25, 0.3) is 0 Å². The van der Waals surface area contributed by atoms with Gasteiger partial charge in [-0.25, -0.2) is 4.68 Å². The SMILES string of the molecule is CCNCc1cn(CC(=O)Nc2cc(C)no2)nn1. The first kappa shape index (κ1) is 13.2. The maximum absolute atomic E-state index is 11.7. The Balaban J connectivity index is 1.86. The van der Waals surface area contributed by atoms with Gasteiger partial charge in [-0.15, -0.1) is 5.10 Å². The van der Waals surface area contributed by atoms with Gasteiger partial charge in [-0.05, 0) is 13.5 Å². The molecule has 102 valence electrons. The minimum Gasteiger partial charge on any atom is -0.338 e. The van der Waals surface area contributed by atoms with E-state index in [1.54, 1.807) is 19.2 Å². The fourth-order valence-electron chi connectivity index (χ4n) is 1.50. The molecule has 2 aromatic heterocycles. The molecule has 2 rings (SSSR count). The highest BCUT2D eigenvalue weighted by Gasteiger charge is 2.08. The predicted octanol–water partition coefficient (Wildman–Crippen LogP) is 0.323. The summed E-state index contributed by atoms with van der Waals surface area (Å²) in [6.45, 7) is 5.37. The first-order valence-corrected chi connectivity index (χ1v) is 6.00. The zero-order chi connectivity index (χ0) is 13.7. The first-order chi connectivity index (χ1) is 9.17. The largest absolute Gasteiger partial charge is 0.338 e. The van der Waals surface area contributed by atoms with E-state index in [2.05, 4.69) is 26.1 Å². The molecule has 2 N–H and O–H groups in total. The molecular formula is C11H16N6O2. The number of amides is 1. The monoisotopic (exact) mass is 264 g/mol. The van der Waals surface area contributed by atoms with Gasteiger partial charge in [-0.3, -0.25) is 10.1 Å². The van der Waals surface area contributed by atoms with E-state index >= 15 is 0 Å². The van der Waals surface area contributed by atoms with Gasteiger partial charge >= 0.3 is 0 Å². The molecule has 0 aromatic carbocycles. The summed E-state index contributed by atoms with van der Waals surface area (Å²) in [7, 11) is 0. The number of hydrogen-bond acceptors (Lipinski definition) is 6. The molecule has 0 radical (unpaired) electrons. The van der Waals surface area contributed by atoms with E-state index in [9.17, 15) is 4.79 Å². The number of nitrogens with one attached hydrogen (secondary N) is 2. The Hall–Kier alpha value is -2.22. The van der Waals surface area contributed by atoms with Gasteiger partial charge in [0, 0.05) is 12.6 Å². The zero-order valence-electron chi connectivity index (χ0n) is 10.9. The van der Waals surface area contributed by atoms with Crippen molar-refractivity contribution in [3.05, 3.63) is 23.7 Å². The summed E-state index contributed by atoms with van der Waals surface area (Å²) in [4.78, 5) is 11.7. The van der Waals surface area contributed by atoms with Crippen molar-refractivity contribution in [1.82, 2.24) is 25.5 Å². The molecule has 0 aliphatic carbocycles. The number of hydrogen-bond donors (Lipinski definition) is 2. The fraction of sp³-hybridized carbons (Fsp3) is 0.455. The maximum Gasteiger partial charge on any atom is 0.248 e. The van der Waals surface area contributed by atoms with Gasteiger partial charge < -0.3 is 9.84 Å². The van der Waals surface area contributed by atoms with Gasteiger partial charge in [0.15, 0.2) is 0 Å². The second-order valence-corrected chi connectivity index (χ2v) is 4.07. The van der Waals surface area contributed by atoms with Gasteiger partial charge in [0.05, 0.1) is 17.6 Å². The molecule has 2 aromatic rings. The molecule has 0 saturated heterocycles. The quantitative estimate of drug-likeness (QED) is 0.780. The molecule has 0 aliphatic rings. The van der Waals surface area contributed by atoms with Crippen molar-refractivity contribution in [3.8, 4) is 0 Å². The standard InChI is InChI=1S/C11H16N6O2/c1-3-12-5-9-6-17(16-14-9)7-10(18)13-11-4-8(2)15-19-11/h4,6,12H,3,5,7H2,1-2H3,(H,13,18). The van der Waals surface area contributed by atoms with Crippen molar-refractivity contribution >= 4 is 11.8 Å². The van der Waals surface area contributed by atoms with E-state index in [1.165, 1.54) is 4.68 Å². The van der Waals surface area contributed by atoms with Crippen molar-refractivity contribution < 1.29 is 9.32 Å². The Kier molecular flexibility index (Phi) is 4.24. The highest BCUT2D eigenvalue weighted by atomic mass is 16.5. The van der Waals surface area contributed by atoms with Crippen LogP contribution in [0.2, 0.25) is 0 Å². The number of aryl methyl sites for hydroxylation is 1. The molecule has 0 spiro atoms. The van der Waals surface area contributed by atoms with E-state index < -0.39 is 0 Å². The molecule has 0 unspecified atom stereocenters. The van der Waals surface area contributed by atoms with Crippen LogP contribution >= 0.6 is 0 Å². The Morgan fingerprint density at radius 2 is 2.37 bits per heavy atom. The maximum atomic E-state index is 11.7. The minimum atomic E-state index is -0.240. The smallest absolute Gasteiger partial charge is 0.248 e. The number of rotatable bonds is 6. The van der Waals surface area contributed by atoms with E-state index in [4.69, 9.17) is 4.52 Å². The van der Waals surface area contributed by atoms with Crippen LogP contribution in [0.15, 0.2) is 16.8 Å². The number of aromatic nitrogens is 4. The third-order valence-corrected chi connectivity index (χ3v) is 2.34. The van der Waals surface area contributed by atoms with Crippen LogP contribution in [0.1, 0.15) is 18.3 Å². The van der Waals surface area contributed by atoms with Crippen molar-refractivity contribution in [3.63, 3.8) is 0 Å². The third kappa shape index (κ3) is 3.88. The van der Waals surface area contributed by atoms with Gasteiger partial charge in [0.25, 0.3) is 0 Å². The summed E-state index contributed by atoms with van der Waals surface area (Å²) < 4.78 is 6.37. The van der Waals surface area contributed by atoms with Crippen LogP contribution in [0.3, 0.4) is 0 Å². The van der Waals surface area contributed by atoms with E-state index in [0.717, 1.165) is 12.2 Å². The Labute approximate surface area is 110 Å². The molecule has 8 heteroatoms. The second kappa shape index (κ2) is 6.10. The molecule has 0 saturated carbocycles. The van der Waals surface area contributed by atoms with E-state index in [-0.39, 0.29) is 12.5 Å². The molecule has 1 amide bonds. The van der Waals surface area contributed by atoms with Crippen molar-refractivity contribution in [2.75, 3.05) is 11.9 Å². The molecular weight excluding hydrogens is 248 g/mol. The van der Waals surface area contributed by atoms with Crippen LogP contribution in [0.5, 0.6) is 0 Å². The molecule has 0 aliphatic heterocycles. The Morgan fingerprint density at radius 3 is 3.05 bits per heavy atom. The third-order valence-electron chi connectivity index (χ3n) is 2.34. The molecule has 19 heavy (non-hydrogen) atoms. The van der Waals surface area contributed by atoms with Crippen LogP contribution in [0.4, 0.5) is 5.88 Å². The first-order valence-electron chi connectivity index (χ1n) is 6.00. The molecule has 8 nitrogen and oxygen atoms in total. The fourth-order valence-corrected chi connectivity index (χ4v) is 1.50. The molecule has 0 atom stereocenters. The summed E-state index contributed by atoms with van der Waals surface area (Å²) in [5, 5.41) is 17.2. The number of nitrogens with zero attached hydrogens (tertiary/aromatic N) is 4. The average Bonchev–Trinajstić information content (AvgIpc) is 2.96. The topological polar surface area (TPSA) is 97.9 Å². The lowest BCUT2D eigenvalue weighted by Gasteiger charge is -2.00. The Morgan fingerprint density at radius 1 is 1.53 bits per heavy atom. The van der Waals surface area contributed by atoms with Gasteiger partial charge in [0.1, 0.15) is 6.54 Å². The van der Waals surface area contributed by atoms with Crippen LogP contribution < -0.4 is 10.6 Å². The van der Waals surface area contributed by atoms with Gasteiger partial charge in [-0.1, -0.05) is 17.3 Å². The average molecular weight is 264 g/mol. The second-order valence-electron chi connectivity index (χ2n) is 4.07. The summed E-state index contributed by atoms with van der Waals surface area (Å²) in [5.74, 6) is 0.0894. The van der Waals surface area contributed by atoms with E-state index in [0.29, 0.717) is 18.1 Å². The molecule has 0 fully saturated rings. The van der Waals surface area contributed by atoms with Gasteiger partial charge in [0.2, 0.25) is 11.8 Å². The highest BCUT2D eigenvalue weighted by molar-refractivity contribution is 5.89. The van der Waals surface area contributed by atoms with Crippen molar-refractivity contribution in [1.29, 1.82) is 0 Å². The molecule has 2 heterocycles. The number of carbonyl (C=O) groups is 1.